The summed E-state index contributed by atoms with van der Waals surface area (Å²) in [4.78, 5) is 12.5. The van der Waals surface area contributed by atoms with Gasteiger partial charge in [0.1, 0.15) is 0 Å². The molecule has 1 heterocycles. The summed E-state index contributed by atoms with van der Waals surface area (Å²) in [6, 6.07) is -0.0872. The number of rotatable bonds is 3. The molecule has 1 aliphatic rings. The predicted octanol–water partition coefficient (Wildman–Crippen LogP) is -0.0299. The molecule has 1 rings (SSSR count). The van der Waals surface area contributed by atoms with E-state index in [2.05, 4.69) is 0 Å². The summed E-state index contributed by atoms with van der Waals surface area (Å²) in [6.45, 7) is 2.95. The van der Waals surface area contributed by atoms with Gasteiger partial charge in [-0.1, -0.05) is 0 Å². The number of carbonyl (C=O) groups is 1. The Kier molecular flexibility index (Phi) is 4.10. The van der Waals surface area contributed by atoms with Gasteiger partial charge in [-0.25, -0.2) is 8.42 Å². The molecule has 0 aliphatic carbocycles. The van der Waals surface area contributed by atoms with E-state index in [1.54, 1.807) is 0 Å². The number of nitrogens with zero attached hydrogens (tertiary/aromatic N) is 1. The third kappa shape index (κ3) is 4.17. The molecular weight excluding hydrogens is 218 g/mol. The summed E-state index contributed by atoms with van der Waals surface area (Å²) in [5.41, 5.74) is 0. The van der Waals surface area contributed by atoms with Gasteiger partial charge in [0.25, 0.3) is 0 Å². The molecule has 0 amide bonds. The van der Waals surface area contributed by atoms with E-state index in [9.17, 15) is 13.2 Å². The maximum Gasteiger partial charge on any atom is 0.304 e. The number of hydrogen-bond acceptors (Lipinski definition) is 4. The fraction of sp³-hybridized carbons (Fsp3) is 0.889. The Labute approximate surface area is 90.0 Å². The standard InChI is InChI=1S/C9H17NO4S/c1-8(7-9(11)12)10-3-2-5-15(13,14)6-4-10/h8H,2-7H2,1H3,(H,11,12). The molecule has 1 fully saturated rings. The van der Waals surface area contributed by atoms with Crippen molar-refractivity contribution >= 4 is 15.8 Å². The first-order valence-corrected chi connectivity index (χ1v) is 6.89. The summed E-state index contributed by atoms with van der Waals surface area (Å²) >= 11 is 0. The molecule has 1 saturated heterocycles. The van der Waals surface area contributed by atoms with Crippen molar-refractivity contribution < 1.29 is 18.3 Å². The number of aliphatic carboxylic acids is 1. The number of sulfone groups is 1. The van der Waals surface area contributed by atoms with Gasteiger partial charge in [-0.2, -0.15) is 0 Å². The molecule has 1 aliphatic heterocycles. The highest BCUT2D eigenvalue weighted by Gasteiger charge is 2.23. The van der Waals surface area contributed by atoms with Crippen molar-refractivity contribution in [2.24, 2.45) is 0 Å². The van der Waals surface area contributed by atoms with Gasteiger partial charge in [0, 0.05) is 12.6 Å². The van der Waals surface area contributed by atoms with E-state index in [0.29, 0.717) is 19.5 Å². The van der Waals surface area contributed by atoms with Crippen molar-refractivity contribution in [1.82, 2.24) is 4.90 Å². The fourth-order valence-electron chi connectivity index (χ4n) is 1.78. The molecule has 1 unspecified atom stereocenters. The van der Waals surface area contributed by atoms with E-state index < -0.39 is 15.8 Å². The van der Waals surface area contributed by atoms with Crippen LogP contribution in [0.25, 0.3) is 0 Å². The summed E-state index contributed by atoms with van der Waals surface area (Å²) < 4.78 is 22.6. The van der Waals surface area contributed by atoms with Crippen LogP contribution in [0.4, 0.5) is 0 Å². The molecule has 0 aromatic rings. The van der Waals surface area contributed by atoms with Crippen LogP contribution in [0.2, 0.25) is 0 Å². The Bertz CT molecular complexity index is 325. The molecule has 0 aromatic heterocycles. The van der Waals surface area contributed by atoms with Gasteiger partial charge in [-0.05, 0) is 19.9 Å². The van der Waals surface area contributed by atoms with Crippen LogP contribution in [0.3, 0.4) is 0 Å². The molecule has 88 valence electrons. The largest absolute Gasteiger partial charge is 0.481 e. The van der Waals surface area contributed by atoms with Gasteiger partial charge in [0.05, 0.1) is 17.9 Å². The monoisotopic (exact) mass is 235 g/mol. The average molecular weight is 235 g/mol. The van der Waals surface area contributed by atoms with Crippen LogP contribution < -0.4 is 0 Å². The highest BCUT2D eigenvalue weighted by atomic mass is 32.2. The van der Waals surface area contributed by atoms with Crippen LogP contribution in [0.5, 0.6) is 0 Å². The minimum Gasteiger partial charge on any atom is -0.481 e. The molecule has 1 N–H and O–H groups in total. The number of carboxylic acid groups (broad SMARTS) is 1. The Balaban J connectivity index is 2.54. The molecule has 1 atom stereocenters. The molecular formula is C9H17NO4S. The van der Waals surface area contributed by atoms with Crippen molar-refractivity contribution in [2.45, 2.75) is 25.8 Å². The van der Waals surface area contributed by atoms with Crippen LogP contribution in [0, 0.1) is 0 Å². The maximum absolute atomic E-state index is 11.3. The van der Waals surface area contributed by atoms with E-state index in [0.717, 1.165) is 0 Å². The highest BCUT2D eigenvalue weighted by molar-refractivity contribution is 7.91. The smallest absolute Gasteiger partial charge is 0.304 e. The second-order valence-corrected chi connectivity index (χ2v) is 6.29. The van der Waals surface area contributed by atoms with Crippen LogP contribution in [0.15, 0.2) is 0 Å². The van der Waals surface area contributed by atoms with Crippen molar-refractivity contribution in [2.75, 3.05) is 24.6 Å². The number of hydrogen-bond donors (Lipinski definition) is 1. The van der Waals surface area contributed by atoms with Crippen LogP contribution in [-0.4, -0.2) is 55.0 Å². The first kappa shape index (κ1) is 12.4. The molecule has 0 saturated carbocycles. The topological polar surface area (TPSA) is 74.7 Å². The highest BCUT2D eigenvalue weighted by Crippen LogP contribution is 2.10. The van der Waals surface area contributed by atoms with Gasteiger partial charge >= 0.3 is 5.97 Å². The van der Waals surface area contributed by atoms with Crippen LogP contribution in [0.1, 0.15) is 19.8 Å². The zero-order valence-electron chi connectivity index (χ0n) is 8.85. The first-order valence-electron chi connectivity index (χ1n) is 5.07. The van der Waals surface area contributed by atoms with Crippen LogP contribution in [-0.2, 0) is 14.6 Å². The first-order chi connectivity index (χ1) is 6.91. The third-order valence-electron chi connectivity index (χ3n) is 2.68. The third-order valence-corrected chi connectivity index (χ3v) is 4.40. The van der Waals surface area contributed by atoms with E-state index in [1.807, 2.05) is 11.8 Å². The summed E-state index contributed by atoms with van der Waals surface area (Å²) in [5, 5.41) is 8.64. The van der Waals surface area contributed by atoms with Gasteiger partial charge < -0.3 is 5.11 Å². The lowest BCUT2D eigenvalue weighted by Gasteiger charge is -2.25. The van der Waals surface area contributed by atoms with Crippen molar-refractivity contribution in [3.8, 4) is 0 Å². The van der Waals surface area contributed by atoms with Crippen LogP contribution >= 0.6 is 0 Å². The molecule has 0 aromatic carbocycles. The van der Waals surface area contributed by atoms with Crippen molar-refractivity contribution in [3.63, 3.8) is 0 Å². The SMILES string of the molecule is CC(CC(=O)O)N1CCCS(=O)(=O)CC1. The minimum absolute atomic E-state index is 0.0695. The summed E-state index contributed by atoms with van der Waals surface area (Å²) in [7, 11) is -2.90. The van der Waals surface area contributed by atoms with Gasteiger partial charge in [-0.15, -0.1) is 0 Å². The Morgan fingerprint density at radius 3 is 2.67 bits per heavy atom. The molecule has 0 spiro atoms. The quantitative estimate of drug-likeness (QED) is 0.743. The molecule has 15 heavy (non-hydrogen) atoms. The van der Waals surface area contributed by atoms with E-state index >= 15 is 0 Å². The molecule has 0 bridgehead atoms. The van der Waals surface area contributed by atoms with Gasteiger partial charge in [0.2, 0.25) is 0 Å². The second kappa shape index (κ2) is 4.94. The van der Waals surface area contributed by atoms with Crippen molar-refractivity contribution in [3.05, 3.63) is 0 Å². The maximum atomic E-state index is 11.3. The lowest BCUT2D eigenvalue weighted by molar-refractivity contribution is -0.138. The Hall–Kier alpha value is -0.620. The van der Waals surface area contributed by atoms with E-state index in [1.165, 1.54) is 0 Å². The normalized spacial score (nSPS) is 24.3. The Morgan fingerprint density at radius 1 is 1.40 bits per heavy atom. The van der Waals surface area contributed by atoms with E-state index in [4.69, 9.17) is 5.11 Å². The van der Waals surface area contributed by atoms with Crippen molar-refractivity contribution in [1.29, 1.82) is 0 Å². The summed E-state index contributed by atoms with van der Waals surface area (Å²) in [6.07, 6.45) is 0.673. The molecule has 0 radical (unpaired) electrons. The Morgan fingerprint density at radius 2 is 2.07 bits per heavy atom. The predicted molar refractivity (Wildman–Crippen MR) is 56.6 cm³/mol. The lowest BCUT2D eigenvalue weighted by Crippen LogP contribution is -2.36. The van der Waals surface area contributed by atoms with E-state index in [-0.39, 0.29) is 24.0 Å². The summed E-state index contributed by atoms with van der Waals surface area (Å²) in [5.74, 6) is -0.463. The van der Waals surface area contributed by atoms with Gasteiger partial charge in [0.15, 0.2) is 9.84 Å². The van der Waals surface area contributed by atoms with Gasteiger partial charge in [-0.3, -0.25) is 9.69 Å². The fourth-order valence-corrected chi connectivity index (χ4v) is 3.07. The second-order valence-electron chi connectivity index (χ2n) is 3.99. The molecule has 6 heteroatoms. The molecule has 5 nitrogen and oxygen atoms in total. The number of carboxylic acids is 1. The average Bonchev–Trinajstić information content (AvgIpc) is 2.25. The zero-order chi connectivity index (χ0) is 11.5. The lowest BCUT2D eigenvalue weighted by atomic mass is 10.2. The zero-order valence-corrected chi connectivity index (χ0v) is 9.66. The minimum atomic E-state index is -2.90.